The Hall–Kier alpha value is -1.81. The molecule has 1 aromatic carbocycles. The lowest BCUT2D eigenvalue weighted by Gasteiger charge is -2.25. The molecule has 0 saturated heterocycles. The van der Waals surface area contributed by atoms with Crippen LogP contribution in [-0.2, 0) is 0 Å². The second-order valence-electron chi connectivity index (χ2n) is 4.03. The fraction of sp³-hybridized carbons (Fsp3) is 0.286. The third-order valence-electron chi connectivity index (χ3n) is 2.76. The van der Waals surface area contributed by atoms with Crippen LogP contribution >= 0.6 is 0 Å². The second kappa shape index (κ2) is 5.69. The van der Waals surface area contributed by atoms with Crippen molar-refractivity contribution >= 4 is 0 Å². The number of nitrogens with zero attached hydrogens (tertiary/aromatic N) is 1. The summed E-state index contributed by atoms with van der Waals surface area (Å²) in [6.07, 6.45) is 2.49. The van der Waals surface area contributed by atoms with Crippen molar-refractivity contribution in [2.75, 3.05) is 7.05 Å². The molecule has 0 N–H and O–H groups in total. The van der Waals surface area contributed by atoms with Crippen molar-refractivity contribution in [3.8, 4) is 5.75 Å². The van der Waals surface area contributed by atoms with E-state index in [1.54, 1.807) is 23.5 Å². The SMILES string of the molecule is CCC(c1ccco1)N(C)Oc1ccc(F)cc1. The van der Waals surface area contributed by atoms with E-state index in [0.29, 0.717) is 5.75 Å². The van der Waals surface area contributed by atoms with E-state index < -0.39 is 0 Å². The first kappa shape index (κ1) is 12.6. The molecule has 0 aliphatic rings. The van der Waals surface area contributed by atoms with Gasteiger partial charge in [0, 0.05) is 7.05 Å². The van der Waals surface area contributed by atoms with Crippen molar-refractivity contribution in [3.63, 3.8) is 0 Å². The van der Waals surface area contributed by atoms with Crippen LogP contribution in [0.25, 0.3) is 0 Å². The molecule has 0 radical (unpaired) electrons. The fourth-order valence-electron chi connectivity index (χ4n) is 1.84. The van der Waals surface area contributed by atoms with Crippen molar-refractivity contribution < 1.29 is 13.6 Å². The second-order valence-corrected chi connectivity index (χ2v) is 4.03. The highest BCUT2D eigenvalue weighted by Gasteiger charge is 2.19. The van der Waals surface area contributed by atoms with Gasteiger partial charge in [0.25, 0.3) is 0 Å². The number of halogens is 1. The van der Waals surface area contributed by atoms with Crippen LogP contribution in [0.15, 0.2) is 47.1 Å². The molecule has 2 rings (SSSR count). The fourth-order valence-corrected chi connectivity index (χ4v) is 1.84. The van der Waals surface area contributed by atoms with E-state index in [1.807, 2.05) is 19.2 Å². The van der Waals surface area contributed by atoms with Gasteiger partial charge >= 0.3 is 0 Å². The number of hydrogen-bond acceptors (Lipinski definition) is 3. The highest BCUT2D eigenvalue weighted by atomic mass is 19.1. The van der Waals surface area contributed by atoms with E-state index in [1.165, 1.54) is 12.1 Å². The number of hydroxylamine groups is 2. The highest BCUT2D eigenvalue weighted by Crippen LogP contribution is 2.24. The van der Waals surface area contributed by atoms with Crippen LogP contribution in [0.2, 0.25) is 0 Å². The van der Waals surface area contributed by atoms with Gasteiger partial charge in [0.2, 0.25) is 0 Å². The Kier molecular flexibility index (Phi) is 3.99. The van der Waals surface area contributed by atoms with Gasteiger partial charge in [-0.15, -0.1) is 5.06 Å². The Morgan fingerprint density at radius 1 is 1.28 bits per heavy atom. The molecule has 2 aromatic rings. The van der Waals surface area contributed by atoms with Gasteiger partial charge in [-0.3, -0.25) is 0 Å². The molecule has 0 spiro atoms. The molecule has 1 unspecified atom stereocenters. The molecule has 1 heterocycles. The minimum atomic E-state index is -0.275. The average Bonchev–Trinajstić information content (AvgIpc) is 2.87. The molecule has 3 nitrogen and oxygen atoms in total. The lowest BCUT2D eigenvalue weighted by atomic mass is 10.2. The van der Waals surface area contributed by atoms with Gasteiger partial charge in [-0.25, -0.2) is 4.39 Å². The molecule has 0 bridgehead atoms. The van der Waals surface area contributed by atoms with Crippen molar-refractivity contribution in [2.24, 2.45) is 0 Å². The van der Waals surface area contributed by atoms with E-state index in [0.717, 1.165) is 12.2 Å². The molecule has 1 atom stereocenters. The predicted octanol–water partition coefficient (Wildman–Crippen LogP) is 3.80. The normalized spacial score (nSPS) is 12.7. The first-order valence-corrected chi connectivity index (χ1v) is 5.90. The predicted molar refractivity (Wildman–Crippen MR) is 66.5 cm³/mol. The molecule has 18 heavy (non-hydrogen) atoms. The summed E-state index contributed by atoms with van der Waals surface area (Å²) < 4.78 is 18.2. The Morgan fingerprint density at radius 3 is 2.56 bits per heavy atom. The molecule has 0 aliphatic carbocycles. The summed E-state index contributed by atoms with van der Waals surface area (Å²) in [5, 5.41) is 1.71. The van der Waals surface area contributed by atoms with Crippen molar-refractivity contribution in [1.29, 1.82) is 0 Å². The van der Waals surface area contributed by atoms with E-state index in [9.17, 15) is 4.39 Å². The van der Waals surface area contributed by atoms with Crippen LogP contribution < -0.4 is 4.84 Å². The summed E-state index contributed by atoms with van der Waals surface area (Å²) in [6, 6.07) is 9.74. The molecule has 0 amide bonds. The number of furan rings is 1. The summed E-state index contributed by atoms with van der Waals surface area (Å²) in [7, 11) is 1.83. The molecular formula is C14H16FNO2. The number of hydrogen-bond donors (Lipinski definition) is 0. The van der Waals surface area contributed by atoms with Crippen molar-refractivity contribution in [2.45, 2.75) is 19.4 Å². The van der Waals surface area contributed by atoms with E-state index in [-0.39, 0.29) is 11.9 Å². The quantitative estimate of drug-likeness (QED) is 0.754. The summed E-state index contributed by atoms with van der Waals surface area (Å²) in [5.74, 6) is 1.18. The molecule has 0 saturated carbocycles. The summed E-state index contributed by atoms with van der Waals surface area (Å²) in [5.41, 5.74) is 0. The maximum absolute atomic E-state index is 12.8. The summed E-state index contributed by atoms with van der Waals surface area (Å²) in [6.45, 7) is 2.05. The molecule has 96 valence electrons. The lowest BCUT2D eigenvalue weighted by molar-refractivity contribution is -0.0795. The van der Waals surface area contributed by atoms with Crippen LogP contribution in [0.3, 0.4) is 0 Å². The third kappa shape index (κ3) is 2.90. The van der Waals surface area contributed by atoms with Gasteiger partial charge < -0.3 is 9.25 Å². The van der Waals surface area contributed by atoms with Gasteiger partial charge in [-0.05, 0) is 42.8 Å². The van der Waals surface area contributed by atoms with E-state index >= 15 is 0 Å². The third-order valence-corrected chi connectivity index (χ3v) is 2.76. The van der Waals surface area contributed by atoms with Crippen LogP contribution in [0.1, 0.15) is 25.1 Å². The number of rotatable bonds is 5. The van der Waals surface area contributed by atoms with Gasteiger partial charge in [0.15, 0.2) is 0 Å². The molecule has 4 heteroatoms. The van der Waals surface area contributed by atoms with Crippen LogP contribution in [-0.4, -0.2) is 12.1 Å². The standard InChI is InChI=1S/C14H16FNO2/c1-3-13(14-5-4-10-17-14)16(2)18-12-8-6-11(15)7-9-12/h4-10,13H,3H2,1-2H3. The molecule has 0 aliphatic heterocycles. The van der Waals surface area contributed by atoms with Gasteiger partial charge in [-0.1, -0.05) is 6.92 Å². The minimum Gasteiger partial charge on any atom is -0.468 e. The Morgan fingerprint density at radius 2 is 2.00 bits per heavy atom. The maximum atomic E-state index is 12.8. The van der Waals surface area contributed by atoms with Gasteiger partial charge in [0.1, 0.15) is 23.4 Å². The Bertz CT molecular complexity index is 467. The monoisotopic (exact) mass is 249 g/mol. The lowest BCUT2D eigenvalue weighted by Crippen LogP contribution is -2.27. The zero-order valence-electron chi connectivity index (χ0n) is 10.5. The maximum Gasteiger partial charge on any atom is 0.147 e. The first-order chi connectivity index (χ1) is 8.70. The molecular weight excluding hydrogens is 233 g/mol. The first-order valence-electron chi connectivity index (χ1n) is 5.90. The van der Waals surface area contributed by atoms with E-state index in [4.69, 9.17) is 9.25 Å². The highest BCUT2D eigenvalue weighted by molar-refractivity contribution is 5.21. The van der Waals surface area contributed by atoms with Crippen molar-refractivity contribution in [1.82, 2.24) is 5.06 Å². The smallest absolute Gasteiger partial charge is 0.147 e. The van der Waals surface area contributed by atoms with Gasteiger partial charge in [0.05, 0.1) is 6.26 Å². The molecule has 1 aromatic heterocycles. The van der Waals surface area contributed by atoms with E-state index in [2.05, 4.69) is 6.92 Å². The van der Waals surface area contributed by atoms with Crippen molar-refractivity contribution in [3.05, 3.63) is 54.2 Å². The molecule has 0 fully saturated rings. The minimum absolute atomic E-state index is 0.0325. The Balaban J connectivity index is 2.06. The van der Waals surface area contributed by atoms with Crippen LogP contribution in [0, 0.1) is 5.82 Å². The largest absolute Gasteiger partial charge is 0.468 e. The zero-order valence-corrected chi connectivity index (χ0v) is 10.5. The zero-order chi connectivity index (χ0) is 13.0. The summed E-state index contributed by atoms with van der Waals surface area (Å²) >= 11 is 0. The topological polar surface area (TPSA) is 25.6 Å². The van der Waals surface area contributed by atoms with Crippen LogP contribution in [0.5, 0.6) is 5.75 Å². The average molecular weight is 249 g/mol. The Labute approximate surface area is 106 Å². The van der Waals surface area contributed by atoms with Crippen LogP contribution in [0.4, 0.5) is 4.39 Å². The van der Waals surface area contributed by atoms with Gasteiger partial charge in [-0.2, -0.15) is 0 Å². The number of benzene rings is 1. The summed E-state index contributed by atoms with van der Waals surface area (Å²) in [4.78, 5) is 5.65.